The Bertz CT molecular complexity index is 472. The number of carboxylic acids is 1. The van der Waals surface area contributed by atoms with E-state index in [1.165, 1.54) is 70.6 Å². The molecule has 0 aromatic rings. The first-order valence-electron chi connectivity index (χ1n) is 12.0. The summed E-state index contributed by atoms with van der Waals surface area (Å²) in [5, 5.41) is 11.1. The minimum Gasteiger partial charge on any atom is -0.541 e. The first-order chi connectivity index (χ1) is 14.6. The fourth-order valence-electron chi connectivity index (χ4n) is 3.25. The topological polar surface area (TPSA) is 84.9 Å². The Balaban J connectivity index is 3.78. The molecule has 0 bridgehead atoms. The summed E-state index contributed by atoms with van der Waals surface area (Å²) in [5.74, 6) is -3.44. The van der Waals surface area contributed by atoms with Crippen molar-refractivity contribution in [3.8, 4) is 0 Å². The van der Waals surface area contributed by atoms with Crippen LogP contribution in [0.25, 0.3) is 0 Å². The van der Waals surface area contributed by atoms with Crippen LogP contribution in [0.4, 0.5) is 0 Å². The molecule has 6 heteroatoms. The minimum atomic E-state index is -1.59. The van der Waals surface area contributed by atoms with Crippen LogP contribution in [-0.4, -0.2) is 31.8 Å². The van der Waals surface area contributed by atoms with Gasteiger partial charge in [0.25, 0.3) is 0 Å². The molecule has 0 aliphatic heterocycles. The largest absolute Gasteiger partial charge is 0.541 e. The number of hydrogen-bond donors (Lipinski definition) is 0. The van der Waals surface area contributed by atoms with Crippen molar-refractivity contribution in [1.29, 1.82) is 0 Å². The van der Waals surface area contributed by atoms with Crippen LogP contribution < -0.4 is 5.11 Å². The van der Waals surface area contributed by atoms with Crippen LogP contribution in [0.5, 0.6) is 0 Å². The SMILES string of the molecule is CCCCCCCCCCCCCCCCOC(=O)/C(OCC)=C(/OCC)C(=O)[O-]. The fourth-order valence-corrected chi connectivity index (χ4v) is 3.25. The molecule has 0 atom stereocenters. The van der Waals surface area contributed by atoms with Crippen molar-refractivity contribution in [2.45, 2.75) is 111 Å². The van der Waals surface area contributed by atoms with Crippen molar-refractivity contribution in [3.63, 3.8) is 0 Å². The number of ether oxygens (including phenoxy) is 3. The quantitative estimate of drug-likeness (QED) is 0.110. The summed E-state index contributed by atoms with van der Waals surface area (Å²) in [6, 6.07) is 0. The van der Waals surface area contributed by atoms with E-state index in [9.17, 15) is 14.7 Å². The number of esters is 1. The number of carbonyl (C=O) groups is 2. The van der Waals surface area contributed by atoms with Crippen molar-refractivity contribution < 1.29 is 28.9 Å². The monoisotopic (exact) mass is 427 g/mol. The summed E-state index contributed by atoms with van der Waals surface area (Å²) in [4.78, 5) is 23.3. The molecule has 6 nitrogen and oxygen atoms in total. The number of aliphatic carboxylic acids is 1. The van der Waals surface area contributed by atoms with E-state index in [0.29, 0.717) is 0 Å². The van der Waals surface area contributed by atoms with E-state index in [4.69, 9.17) is 14.2 Å². The molecule has 0 saturated carbocycles. The molecule has 0 radical (unpaired) electrons. The van der Waals surface area contributed by atoms with Gasteiger partial charge in [-0.3, -0.25) is 0 Å². The first-order valence-corrected chi connectivity index (χ1v) is 12.0. The normalized spacial score (nSPS) is 11.7. The predicted molar refractivity (Wildman–Crippen MR) is 117 cm³/mol. The summed E-state index contributed by atoms with van der Waals surface area (Å²) < 4.78 is 15.2. The van der Waals surface area contributed by atoms with E-state index in [0.717, 1.165) is 19.3 Å². The van der Waals surface area contributed by atoms with Gasteiger partial charge < -0.3 is 24.1 Å². The third-order valence-corrected chi connectivity index (χ3v) is 4.89. The number of rotatable bonds is 21. The van der Waals surface area contributed by atoms with E-state index in [1.54, 1.807) is 13.8 Å². The van der Waals surface area contributed by atoms with Gasteiger partial charge in [-0.1, -0.05) is 90.4 Å². The van der Waals surface area contributed by atoms with E-state index < -0.39 is 23.5 Å². The molecule has 0 aromatic heterocycles. The lowest BCUT2D eigenvalue weighted by atomic mass is 10.0. The fraction of sp³-hybridized carbons (Fsp3) is 0.833. The summed E-state index contributed by atoms with van der Waals surface area (Å²) >= 11 is 0. The van der Waals surface area contributed by atoms with Gasteiger partial charge in [0.2, 0.25) is 5.76 Å². The molecular formula is C24H43O6-. The Morgan fingerprint density at radius 1 is 0.567 bits per heavy atom. The van der Waals surface area contributed by atoms with Gasteiger partial charge in [0.15, 0.2) is 5.76 Å². The Hall–Kier alpha value is -1.72. The second-order valence-electron chi connectivity index (χ2n) is 7.54. The molecule has 0 aliphatic rings. The van der Waals surface area contributed by atoms with Crippen molar-refractivity contribution in [2.75, 3.05) is 19.8 Å². The molecule has 0 amide bonds. The van der Waals surface area contributed by atoms with Gasteiger partial charge in [0, 0.05) is 0 Å². The van der Waals surface area contributed by atoms with Crippen LogP contribution in [0.3, 0.4) is 0 Å². The summed E-state index contributed by atoms with van der Waals surface area (Å²) in [6.45, 7) is 5.98. The van der Waals surface area contributed by atoms with E-state index >= 15 is 0 Å². The maximum absolute atomic E-state index is 12.1. The lowest BCUT2D eigenvalue weighted by Gasteiger charge is -2.15. The van der Waals surface area contributed by atoms with Crippen LogP contribution in [-0.2, 0) is 23.8 Å². The third-order valence-electron chi connectivity index (χ3n) is 4.89. The van der Waals surface area contributed by atoms with E-state index in [-0.39, 0.29) is 19.8 Å². The third kappa shape index (κ3) is 15.2. The lowest BCUT2D eigenvalue weighted by Crippen LogP contribution is -2.30. The van der Waals surface area contributed by atoms with Crippen LogP contribution in [0.2, 0.25) is 0 Å². The van der Waals surface area contributed by atoms with Crippen molar-refractivity contribution in [1.82, 2.24) is 0 Å². The van der Waals surface area contributed by atoms with Gasteiger partial charge in [-0.25, -0.2) is 4.79 Å². The van der Waals surface area contributed by atoms with E-state index in [1.807, 2.05) is 0 Å². The standard InChI is InChI=1S/C24H44O6/c1-4-7-8-9-10-11-12-13-14-15-16-17-18-19-20-30-24(27)22(29-6-3)21(23(25)26)28-5-2/h4-20H2,1-3H3,(H,25,26)/p-1/b22-21-. The second-order valence-corrected chi connectivity index (χ2v) is 7.54. The van der Waals surface area contributed by atoms with Crippen LogP contribution in [0, 0.1) is 0 Å². The zero-order chi connectivity index (χ0) is 22.5. The molecule has 0 rings (SSSR count). The van der Waals surface area contributed by atoms with Crippen molar-refractivity contribution in [3.05, 3.63) is 11.5 Å². The van der Waals surface area contributed by atoms with E-state index in [2.05, 4.69) is 6.92 Å². The number of carboxylic acid groups (broad SMARTS) is 1. The highest BCUT2D eigenvalue weighted by atomic mass is 16.6. The minimum absolute atomic E-state index is 0.0894. The van der Waals surface area contributed by atoms with Gasteiger partial charge in [0.05, 0.1) is 19.8 Å². The Kier molecular flexibility index (Phi) is 19.4. The molecule has 0 unspecified atom stereocenters. The average molecular weight is 428 g/mol. The number of carbonyl (C=O) groups excluding carboxylic acids is 2. The zero-order valence-electron chi connectivity index (χ0n) is 19.5. The molecule has 176 valence electrons. The number of unbranched alkanes of at least 4 members (excludes halogenated alkanes) is 13. The predicted octanol–water partition coefficient (Wildman–Crippen LogP) is 5.05. The molecule has 0 aromatic carbocycles. The molecular weight excluding hydrogens is 384 g/mol. The van der Waals surface area contributed by atoms with Gasteiger partial charge in [-0.15, -0.1) is 0 Å². The number of hydrogen-bond acceptors (Lipinski definition) is 6. The Morgan fingerprint density at radius 2 is 0.967 bits per heavy atom. The van der Waals surface area contributed by atoms with Gasteiger partial charge in [-0.05, 0) is 20.3 Å². The highest BCUT2D eigenvalue weighted by Crippen LogP contribution is 2.14. The smallest absolute Gasteiger partial charge is 0.377 e. The molecule has 30 heavy (non-hydrogen) atoms. The Labute approximate surface area is 183 Å². The molecule has 0 N–H and O–H groups in total. The maximum atomic E-state index is 12.1. The van der Waals surface area contributed by atoms with Gasteiger partial charge in [-0.2, -0.15) is 0 Å². The van der Waals surface area contributed by atoms with Crippen LogP contribution in [0.1, 0.15) is 111 Å². The molecule has 0 saturated heterocycles. The Morgan fingerprint density at radius 3 is 1.37 bits per heavy atom. The van der Waals surface area contributed by atoms with Crippen LogP contribution >= 0.6 is 0 Å². The average Bonchev–Trinajstić information content (AvgIpc) is 2.73. The highest BCUT2D eigenvalue weighted by molar-refractivity contribution is 5.95. The van der Waals surface area contributed by atoms with Crippen molar-refractivity contribution in [2.24, 2.45) is 0 Å². The summed E-state index contributed by atoms with van der Waals surface area (Å²) in [5.41, 5.74) is 0. The maximum Gasteiger partial charge on any atom is 0.377 e. The van der Waals surface area contributed by atoms with Crippen molar-refractivity contribution >= 4 is 11.9 Å². The lowest BCUT2D eigenvalue weighted by molar-refractivity contribution is -0.303. The molecule has 0 spiro atoms. The summed E-state index contributed by atoms with van der Waals surface area (Å²) in [6.07, 6.45) is 17.5. The van der Waals surface area contributed by atoms with Crippen LogP contribution in [0.15, 0.2) is 11.5 Å². The zero-order valence-corrected chi connectivity index (χ0v) is 19.5. The molecule has 0 heterocycles. The molecule has 0 aliphatic carbocycles. The second kappa shape index (κ2) is 20.5. The highest BCUT2D eigenvalue weighted by Gasteiger charge is 2.21. The summed E-state index contributed by atoms with van der Waals surface area (Å²) in [7, 11) is 0. The van der Waals surface area contributed by atoms with Gasteiger partial charge in [0.1, 0.15) is 5.97 Å². The molecule has 0 fully saturated rings. The van der Waals surface area contributed by atoms with Gasteiger partial charge >= 0.3 is 5.97 Å². The first kappa shape index (κ1) is 28.3.